The Morgan fingerprint density at radius 1 is 1.16 bits per heavy atom. The van der Waals surface area contributed by atoms with Crippen molar-refractivity contribution in [1.29, 1.82) is 0 Å². The SMILES string of the molecule is CCOC[C@@H](CNc1nc(C)c(-c2nc3c(C)nccc3s2)c(N[C@H]2CC[C@@H](C3(O)CCCC3)C2)n1)OC. The number of methoxy groups -OCH3 is 1. The van der Waals surface area contributed by atoms with Gasteiger partial charge in [0.05, 0.1) is 40.0 Å². The van der Waals surface area contributed by atoms with Crippen LogP contribution in [-0.2, 0) is 9.47 Å². The molecule has 0 aromatic carbocycles. The number of aromatic nitrogens is 4. The van der Waals surface area contributed by atoms with Crippen molar-refractivity contribution in [2.24, 2.45) is 5.92 Å². The van der Waals surface area contributed by atoms with Crippen LogP contribution in [0, 0.1) is 19.8 Å². The Morgan fingerprint density at radius 2 is 1.97 bits per heavy atom. The molecule has 38 heavy (non-hydrogen) atoms. The highest BCUT2D eigenvalue weighted by molar-refractivity contribution is 7.21. The van der Waals surface area contributed by atoms with Crippen molar-refractivity contribution >= 4 is 33.3 Å². The van der Waals surface area contributed by atoms with Gasteiger partial charge in [-0.25, -0.2) is 9.97 Å². The predicted octanol–water partition coefficient (Wildman–Crippen LogP) is 5.11. The summed E-state index contributed by atoms with van der Waals surface area (Å²) in [5.41, 5.74) is 3.12. The molecule has 3 heterocycles. The molecule has 0 radical (unpaired) electrons. The molecule has 0 spiro atoms. The number of hydrogen-bond acceptors (Lipinski definition) is 10. The molecule has 9 nitrogen and oxygen atoms in total. The first-order valence-electron chi connectivity index (χ1n) is 13.8. The zero-order valence-electron chi connectivity index (χ0n) is 22.9. The fourth-order valence-corrected chi connectivity index (χ4v) is 7.07. The summed E-state index contributed by atoms with van der Waals surface area (Å²) in [7, 11) is 1.69. The summed E-state index contributed by atoms with van der Waals surface area (Å²) >= 11 is 1.64. The standard InChI is InChI=1S/C28H40N6O3S/c1-5-37-16-21(36-4)15-30-27-31-17(2)23(26-33-24-18(3)29-13-10-22(24)38-26)25(34-27)32-20-9-8-19(14-20)28(35)11-6-7-12-28/h10,13,19-21,35H,5-9,11-12,14-16H2,1-4H3,(H2,30,31,32,34)/t19-,20+,21-/m1/s1. The van der Waals surface area contributed by atoms with Gasteiger partial charge < -0.3 is 25.2 Å². The summed E-state index contributed by atoms with van der Waals surface area (Å²) in [5, 5.41) is 19.2. The van der Waals surface area contributed by atoms with Crippen molar-refractivity contribution in [2.45, 2.75) is 83.5 Å². The van der Waals surface area contributed by atoms with E-state index in [1.165, 1.54) is 0 Å². The van der Waals surface area contributed by atoms with E-state index in [9.17, 15) is 5.11 Å². The van der Waals surface area contributed by atoms with E-state index in [0.29, 0.717) is 31.6 Å². The van der Waals surface area contributed by atoms with Crippen molar-refractivity contribution < 1.29 is 14.6 Å². The van der Waals surface area contributed by atoms with Crippen LogP contribution in [0.1, 0.15) is 63.3 Å². The molecule has 3 N–H and O–H groups in total. The lowest BCUT2D eigenvalue weighted by molar-refractivity contribution is -0.00994. The molecule has 0 bridgehead atoms. The Bertz CT molecular complexity index is 1240. The molecule has 2 fully saturated rings. The molecule has 3 aromatic heterocycles. The average molecular weight is 541 g/mol. The molecular formula is C28H40N6O3S. The number of fused-ring (bicyclic) bond motifs is 1. The fourth-order valence-electron chi connectivity index (χ4n) is 5.96. The first-order valence-corrected chi connectivity index (χ1v) is 14.7. The minimum atomic E-state index is -0.499. The van der Waals surface area contributed by atoms with Gasteiger partial charge in [-0.05, 0) is 64.9 Å². The van der Waals surface area contributed by atoms with Crippen LogP contribution in [0.4, 0.5) is 11.8 Å². The van der Waals surface area contributed by atoms with Gasteiger partial charge in [0.2, 0.25) is 5.95 Å². The van der Waals surface area contributed by atoms with Crippen LogP contribution in [0.5, 0.6) is 0 Å². The summed E-state index contributed by atoms with van der Waals surface area (Å²) in [4.78, 5) is 19.1. The summed E-state index contributed by atoms with van der Waals surface area (Å²) < 4.78 is 12.2. The molecule has 10 heteroatoms. The molecule has 0 unspecified atom stereocenters. The first-order chi connectivity index (χ1) is 18.4. The van der Waals surface area contributed by atoms with Gasteiger partial charge in [0, 0.05) is 32.5 Å². The number of nitrogens with zero attached hydrogens (tertiary/aromatic N) is 4. The van der Waals surface area contributed by atoms with E-state index in [1.54, 1.807) is 18.4 Å². The van der Waals surface area contributed by atoms with Crippen LogP contribution < -0.4 is 10.6 Å². The molecule has 206 valence electrons. The number of pyridine rings is 1. The predicted molar refractivity (Wildman–Crippen MR) is 152 cm³/mol. The second-order valence-electron chi connectivity index (χ2n) is 10.7. The maximum absolute atomic E-state index is 11.2. The molecule has 2 saturated carbocycles. The van der Waals surface area contributed by atoms with E-state index in [4.69, 9.17) is 24.4 Å². The lowest BCUT2D eigenvalue weighted by Gasteiger charge is -2.29. The first kappa shape index (κ1) is 27.2. The Labute approximate surface area is 228 Å². The maximum atomic E-state index is 11.2. The number of ether oxygens (including phenoxy) is 2. The van der Waals surface area contributed by atoms with Gasteiger partial charge >= 0.3 is 0 Å². The molecule has 0 saturated heterocycles. The number of hydrogen-bond donors (Lipinski definition) is 3. The van der Waals surface area contributed by atoms with Crippen molar-refractivity contribution in [2.75, 3.05) is 37.5 Å². The van der Waals surface area contributed by atoms with Gasteiger partial charge in [-0.15, -0.1) is 11.3 Å². The number of aryl methyl sites for hydroxylation is 2. The molecule has 5 rings (SSSR count). The van der Waals surface area contributed by atoms with Crippen LogP contribution in [0.3, 0.4) is 0 Å². The zero-order chi connectivity index (χ0) is 26.7. The minimum absolute atomic E-state index is 0.0996. The van der Waals surface area contributed by atoms with Gasteiger partial charge in [-0.3, -0.25) is 4.98 Å². The third-order valence-electron chi connectivity index (χ3n) is 8.13. The molecule has 3 aromatic rings. The Kier molecular flexibility index (Phi) is 8.42. The van der Waals surface area contributed by atoms with Crippen molar-refractivity contribution in [3.63, 3.8) is 0 Å². The van der Waals surface area contributed by atoms with Crippen LogP contribution in [-0.4, -0.2) is 69.7 Å². The zero-order valence-corrected chi connectivity index (χ0v) is 23.7. The van der Waals surface area contributed by atoms with E-state index >= 15 is 0 Å². The highest BCUT2D eigenvalue weighted by Gasteiger charge is 2.43. The minimum Gasteiger partial charge on any atom is -0.390 e. The molecule has 2 aliphatic rings. The monoisotopic (exact) mass is 540 g/mol. The van der Waals surface area contributed by atoms with Crippen LogP contribution in [0.25, 0.3) is 20.8 Å². The van der Waals surface area contributed by atoms with Crippen LogP contribution >= 0.6 is 11.3 Å². The lowest BCUT2D eigenvalue weighted by atomic mass is 9.84. The number of rotatable bonds is 11. The van der Waals surface area contributed by atoms with Gasteiger partial charge in [0.1, 0.15) is 16.3 Å². The Hall–Kier alpha value is -2.40. The summed E-state index contributed by atoms with van der Waals surface area (Å²) in [6.45, 7) is 7.67. The van der Waals surface area contributed by atoms with Crippen molar-refractivity contribution in [3.05, 3.63) is 23.7 Å². The third-order valence-corrected chi connectivity index (χ3v) is 9.16. The summed E-state index contributed by atoms with van der Waals surface area (Å²) in [6, 6.07) is 2.25. The van der Waals surface area contributed by atoms with E-state index in [0.717, 1.165) is 82.9 Å². The number of anilines is 2. The van der Waals surface area contributed by atoms with Gasteiger partial charge in [0.15, 0.2) is 0 Å². The maximum Gasteiger partial charge on any atom is 0.224 e. The molecule has 3 atom stereocenters. The molecule has 0 amide bonds. The lowest BCUT2D eigenvalue weighted by Crippen LogP contribution is -2.34. The summed E-state index contributed by atoms with van der Waals surface area (Å²) in [6.07, 6.45) is 8.85. The van der Waals surface area contributed by atoms with E-state index in [1.807, 2.05) is 33.0 Å². The van der Waals surface area contributed by atoms with E-state index < -0.39 is 5.60 Å². The smallest absolute Gasteiger partial charge is 0.224 e. The second-order valence-corrected chi connectivity index (χ2v) is 11.7. The van der Waals surface area contributed by atoms with Gasteiger partial charge in [-0.1, -0.05) is 12.8 Å². The summed E-state index contributed by atoms with van der Waals surface area (Å²) in [5.74, 6) is 1.67. The topological polar surface area (TPSA) is 114 Å². The van der Waals surface area contributed by atoms with Gasteiger partial charge in [-0.2, -0.15) is 4.98 Å². The average Bonchev–Trinajstić information content (AvgIpc) is 3.65. The molecule has 0 aliphatic heterocycles. The number of thiazole rings is 1. The van der Waals surface area contributed by atoms with Crippen LogP contribution in [0.15, 0.2) is 12.3 Å². The molecular weight excluding hydrogens is 500 g/mol. The van der Waals surface area contributed by atoms with Crippen molar-refractivity contribution in [3.8, 4) is 10.6 Å². The van der Waals surface area contributed by atoms with E-state index in [-0.39, 0.29) is 12.1 Å². The quantitative estimate of drug-likeness (QED) is 0.305. The third kappa shape index (κ3) is 5.78. The number of nitrogens with one attached hydrogen (secondary N) is 2. The highest BCUT2D eigenvalue weighted by Crippen LogP contribution is 2.45. The van der Waals surface area contributed by atoms with E-state index in [2.05, 4.69) is 15.6 Å². The highest BCUT2D eigenvalue weighted by atomic mass is 32.1. The fraction of sp³-hybridized carbons (Fsp3) is 0.643. The second kappa shape index (κ2) is 11.8. The Morgan fingerprint density at radius 3 is 2.71 bits per heavy atom. The van der Waals surface area contributed by atoms with Crippen molar-refractivity contribution in [1.82, 2.24) is 19.9 Å². The number of aliphatic hydroxyl groups is 1. The molecule has 2 aliphatic carbocycles. The van der Waals surface area contributed by atoms with Gasteiger partial charge in [0.25, 0.3) is 0 Å². The Balaban J connectivity index is 1.43. The van der Waals surface area contributed by atoms with Crippen LogP contribution in [0.2, 0.25) is 0 Å². The normalized spacial score (nSPS) is 21.7. The largest absolute Gasteiger partial charge is 0.390 e.